The van der Waals surface area contributed by atoms with Gasteiger partial charge in [-0.3, -0.25) is 9.78 Å². The summed E-state index contributed by atoms with van der Waals surface area (Å²) in [7, 11) is 0. The van der Waals surface area contributed by atoms with Crippen molar-refractivity contribution in [2.45, 2.75) is 38.1 Å². The number of hydrogen-bond acceptors (Lipinski definition) is 3. The van der Waals surface area contributed by atoms with Crippen LogP contribution in [0.15, 0.2) is 18.3 Å². The van der Waals surface area contributed by atoms with Crippen molar-refractivity contribution in [1.29, 1.82) is 0 Å². The number of carbonyl (C=O) groups excluding carboxylic acids is 1. The average molecular weight is 289 g/mol. The van der Waals surface area contributed by atoms with E-state index >= 15 is 0 Å². The Morgan fingerprint density at radius 1 is 1.24 bits per heavy atom. The van der Waals surface area contributed by atoms with Crippen molar-refractivity contribution in [2.75, 3.05) is 5.32 Å². The molecule has 2 amide bonds. The number of aromatic nitrogens is 1. The lowest BCUT2D eigenvalue weighted by molar-refractivity contribution is -0.136. The van der Waals surface area contributed by atoms with Crippen LogP contribution in [-0.4, -0.2) is 28.1 Å². The van der Waals surface area contributed by atoms with Gasteiger partial charge in [0.15, 0.2) is 0 Å². The fourth-order valence-corrected chi connectivity index (χ4v) is 2.61. The molecule has 112 valence electrons. The maximum Gasteiger partial charge on any atom is 0.319 e. The summed E-state index contributed by atoms with van der Waals surface area (Å²) in [6.45, 7) is 0. The van der Waals surface area contributed by atoms with Crippen molar-refractivity contribution in [3.63, 3.8) is 0 Å². The molecule has 2 aliphatic rings. The van der Waals surface area contributed by atoms with Crippen LogP contribution in [0.5, 0.6) is 0 Å². The van der Waals surface area contributed by atoms with E-state index in [0.29, 0.717) is 29.3 Å². The highest BCUT2D eigenvalue weighted by Crippen LogP contribution is 2.44. The molecule has 0 bridgehead atoms. The molecule has 2 aliphatic carbocycles. The van der Waals surface area contributed by atoms with Gasteiger partial charge >= 0.3 is 12.0 Å². The first kappa shape index (κ1) is 13.9. The summed E-state index contributed by atoms with van der Waals surface area (Å²) < 4.78 is 0. The van der Waals surface area contributed by atoms with Crippen molar-refractivity contribution >= 4 is 17.7 Å². The van der Waals surface area contributed by atoms with E-state index in [9.17, 15) is 9.59 Å². The molecule has 1 heterocycles. The average Bonchev–Trinajstić information content (AvgIpc) is 3.30. The summed E-state index contributed by atoms with van der Waals surface area (Å²) in [6, 6.07) is 3.40. The molecule has 0 saturated heterocycles. The molecule has 2 fully saturated rings. The monoisotopic (exact) mass is 289 g/mol. The summed E-state index contributed by atoms with van der Waals surface area (Å²) in [6.07, 6.45) is 6.23. The second-order valence-electron chi connectivity index (χ2n) is 5.91. The summed E-state index contributed by atoms with van der Waals surface area (Å²) >= 11 is 0. The lowest BCUT2D eigenvalue weighted by atomic mass is 10.1. The minimum atomic E-state index is -0.919. The Kier molecular flexibility index (Phi) is 3.77. The first-order valence-corrected chi connectivity index (χ1v) is 7.36. The van der Waals surface area contributed by atoms with Gasteiger partial charge in [-0.2, -0.15) is 0 Å². The quantitative estimate of drug-likeness (QED) is 0.747. The Labute approximate surface area is 123 Å². The number of urea groups is 1. The van der Waals surface area contributed by atoms with Crippen molar-refractivity contribution < 1.29 is 14.7 Å². The fraction of sp³-hybridized carbons (Fsp3) is 0.533. The van der Waals surface area contributed by atoms with Gasteiger partial charge in [-0.15, -0.1) is 0 Å². The minimum Gasteiger partial charge on any atom is -0.481 e. The third-order valence-electron chi connectivity index (χ3n) is 3.97. The predicted octanol–water partition coefficient (Wildman–Crippen LogP) is 2.02. The zero-order valence-electron chi connectivity index (χ0n) is 11.7. The third-order valence-corrected chi connectivity index (χ3v) is 3.97. The maximum atomic E-state index is 12.0. The minimum absolute atomic E-state index is 0.113. The van der Waals surface area contributed by atoms with E-state index in [1.807, 2.05) is 0 Å². The molecule has 0 unspecified atom stereocenters. The molecule has 21 heavy (non-hydrogen) atoms. The van der Waals surface area contributed by atoms with Crippen LogP contribution in [0.3, 0.4) is 0 Å². The van der Waals surface area contributed by atoms with Crippen LogP contribution >= 0.6 is 0 Å². The van der Waals surface area contributed by atoms with Crippen LogP contribution in [0.25, 0.3) is 0 Å². The van der Waals surface area contributed by atoms with Crippen molar-refractivity contribution in [1.82, 2.24) is 10.3 Å². The number of aliphatic carboxylic acids is 1. The van der Waals surface area contributed by atoms with Gasteiger partial charge in [0, 0.05) is 6.04 Å². The molecule has 6 nitrogen and oxygen atoms in total. The highest BCUT2D eigenvalue weighted by atomic mass is 16.4. The number of anilines is 1. The Bertz CT molecular complexity index is 524. The Balaban J connectivity index is 1.52. The van der Waals surface area contributed by atoms with Crippen LogP contribution in [0.4, 0.5) is 10.5 Å². The van der Waals surface area contributed by atoms with Crippen LogP contribution in [-0.2, 0) is 11.2 Å². The molecular weight excluding hydrogens is 270 g/mol. The summed E-state index contributed by atoms with van der Waals surface area (Å²) in [5, 5.41) is 14.5. The first-order chi connectivity index (χ1) is 10.1. The zero-order chi connectivity index (χ0) is 14.8. The van der Waals surface area contributed by atoms with E-state index in [4.69, 9.17) is 5.11 Å². The van der Waals surface area contributed by atoms with Gasteiger partial charge in [-0.25, -0.2) is 4.79 Å². The summed E-state index contributed by atoms with van der Waals surface area (Å²) in [5.74, 6) is 0.385. The molecule has 3 rings (SSSR count). The van der Waals surface area contributed by atoms with Gasteiger partial charge in [-0.1, -0.05) is 0 Å². The van der Waals surface area contributed by atoms with Crippen molar-refractivity contribution in [3.8, 4) is 0 Å². The van der Waals surface area contributed by atoms with Gasteiger partial charge in [0.25, 0.3) is 0 Å². The van der Waals surface area contributed by atoms with Gasteiger partial charge in [0.05, 0.1) is 24.0 Å². The van der Waals surface area contributed by atoms with Gasteiger partial charge in [-0.05, 0) is 49.7 Å². The summed E-state index contributed by atoms with van der Waals surface area (Å²) in [4.78, 5) is 26.6. The number of amides is 2. The lowest BCUT2D eigenvalue weighted by Gasteiger charge is -2.18. The molecule has 0 atom stereocenters. The first-order valence-electron chi connectivity index (χ1n) is 7.36. The SMILES string of the molecule is O=C(O)Cc1ccc(NC(=O)NC(C2CC2)C2CC2)cn1. The molecule has 0 aromatic carbocycles. The van der Waals surface area contributed by atoms with Crippen LogP contribution in [0.2, 0.25) is 0 Å². The Hall–Kier alpha value is -2.11. The summed E-state index contributed by atoms with van der Waals surface area (Å²) in [5.41, 5.74) is 1.05. The molecule has 3 N–H and O–H groups in total. The number of carboxylic acid groups (broad SMARTS) is 1. The molecule has 0 spiro atoms. The topological polar surface area (TPSA) is 91.3 Å². The number of rotatable bonds is 6. The lowest BCUT2D eigenvalue weighted by Crippen LogP contribution is -2.40. The van der Waals surface area contributed by atoms with Crippen LogP contribution in [0.1, 0.15) is 31.4 Å². The van der Waals surface area contributed by atoms with Crippen molar-refractivity contribution in [2.24, 2.45) is 11.8 Å². The molecular formula is C15H19N3O3. The van der Waals surface area contributed by atoms with E-state index < -0.39 is 5.97 Å². The third kappa shape index (κ3) is 3.93. The van der Waals surface area contributed by atoms with E-state index in [1.165, 1.54) is 31.9 Å². The Morgan fingerprint density at radius 2 is 1.90 bits per heavy atom. The number of carboxylic acids is 1. The predicted molar refractivity (Wildman–Crippen MR) is 77.0 cm³/mol. The van der Waals surface area contributed by atoms with E-state index in [0.717, 1.165) is 0 Å². The van der Waals surface area contributed by atoms with E-state index in [2.05, 4.69) is 15.6 Å². The van der Waals surface area contributed by atoms with Crippen molar-refractivity contribution in [3.05, 3.63) is 24.0 Å². The highest BCUT2D eigenvalue weighted by molar-refractivity contribution is 5.89. The molecule has 6 heteroatoms. The van der Waals surface area contributed by atoms with Gasteiger partial charge in [0.1, 0.15) is 0 Å². The molecule has 0 radical (unpaired) electrons. The molecule has 1 aromatic heterocycles. The van der Waals surface area contributed by atoms with E-state index in [1.54, 1.807) is 12.1 Å². The number of hydrogen-bond donors (Lipinski definition) is 3. The fourth-order valence-electron chi connectivity index (χ4n) is 2.61. The second-order valence-corrected chi connectivity index (χ2v) is 5.91. The largest absolute Gasteiger partial charge is 0.481 e. The zero-order valence-corrected chi connectivity index (χ0v) is 11.7. The number of nitrogens with one attached hydrogen (secondary N) is 2. The molecule has 0 aliphatic heterocycles. The maximum absolute atomic E-state index is 12.0. The molecule has 1 aromatic rings. The smallest absolute Gasteiger partial charge is 0.319 e. The standard InChI is InChI=1S/C15H19N3O3/c19-13(20)7-11-5-6-12(8-16-11)17-15(21)18-14(9-1-2-9)10-3-4-10/h5-6,8-10,14H,1-4,7H2,(H,19,20)(H2,17,18,21). The normalized spacial score (nSPS) is 17.6. The number of pyridine rings is 1. The second kappa shape index (κ2) is 5.71. The number of carbonyl (C=O) groups is 2. The van der Waals surface area contributed by atoms with Gasteiger partial charge in [0.2, 0.25) is 0 Å². The van der Waals surface area contributed by atoms with Crippen LogP contribution in [0, 0.1) is 11.8 Å². The Morgan fingerprint density at radius 3 is 2.38 bits per heavy atom. The van der Waals surface area contributed by atoms with Crippen LogP contribution < -0.4 is 10.6 Å². The van der Waals surface area contributed by atoms with Gasteiger partial charge < -0.3 is 15.7 Å². The highest BCUT2D eigenvalue weighted by Gasteiger charge is 2.42. The molecule has 2 saturated carbocycles. The number of nitrogens with zero attached hydrogens (tertiary/aromatic N) is 1. The van der Waals surface area contributed by atoms with E-state index in [-0.39, 0.29) is 12.5 Å².